The van der Waals surface area contributed by atoms with Crippen LogP contribution in [0.4, 0.5) is 0 Å². The van der Waals surface area contributed by atoms with Crippen molar-refractivity contribution in [3.8, 4) is 5.75 Å². The predicted octanol–water partition coefficient (Wildman–Crippen LogP) is 4.05. The van der Waals surface area contributed by atoms with Crippen LogP contribution in [-0.4, -0.2) is 18.4 Å². The molecular weight excluding hydrogens is 383 g/mol. The number of nitrogens with one attached hydrogen (secondary N) is 2. The number of halogens is 2. The normalized spacial score (nSPS) is 10.5. The Morgan fingerprint density at radius 2 is 1.72 bits per heavy atom. The van der Waals surface area contributed by atoms with Crippen LogP contribution in [0.1, 0.15) is 9.67 Å². The fraction of sp³-hybridized carbons (Fsp3) is 0.0588. The smallest absolute Gasteiger partial charge is 0.281 e. The molecule has 0 aliphatic heterocycles. The highest BCUT2D eigenvalue weighted by Gasteiger charge is 2.17. The zero-order valence-corrected chi connectivity index (χ0v) is 15.0. The summed E-state index contributed by atoms with van der Waals surface area (Å²) in [6.45, 7) is -0.288. The Morgan fingerprint density at radius 3 is 2.48 bits per heavy atom. The first-order chi connectivity index (χ1) is 12.1. The number of para-hydroxylation sites is 1. The summed E-state index contributed by atoms with van der Waals surface area (Å²) < 4.78 is 6.18. The summed E-state index contributed by atoms with van der Waals surface area (Å²) in [4.78, 5) is 24.3. The van der Waals surface area contributed by atoms with Crippen LogP contribution in [0.3, 0.4) is 0 Å². The molecule has 0 spiro atoms. The van der Waals surface area contributed by atoms with Gasteiger partial charge in [-0.2, -0.15) is 0 Å². The van der Waals surface area contributed by atoms with Gasteiger partial charge in [0, 0.05) is 10.1 Å². The molecule has 3 rings (SSSR count). The van der Waals surface area contributed by atoms with Crippen LogP contribution >= 0.6 is 34.5 Å². The quantitative estimate of drug-likeness (QED) is 0.655. The number of hydrogen-bond donors (Lipinski definition) is 2. The molecule has 0 saturated carbocycles. The zero-order valence-electron chi connectivity index (χ0n) is 12.7. The van der Waals surface area contributed by atoms with Gasteiger partial charge in [-0.1, -0.05) is 53.5 Å². The molecule has 3 aromatic rings. The minimum absolute atomic E-state index is 0.288. The third-order valence-corrected chi connectivity index (χ3v) is 5.24. The third-order valence-electron chi connectivity index (χ3n) is 3.25. The molecule has 0 atom stereocenters. The first-order valence-corrected chi connectivity index (χ1v) is 8.77. The summed E-state index contributed by atoms with van der Waals surface area (Å²) >= 11 is 13.4. The summed E-state index contributed by atoms with van der Waals surface area (Å²) in [5, 5.41) is 1.56. The number of rotatable bonds is 4. The van der Waals surface area contributed by atoms with E-state index in [1.807, 2.05) is 24.3 Å². The number of amides is 2. The number of hydrogen-bond acceptors (Lipinski definition) is 4. The van der Waals surface area contributed by atoms with Gasteiger partial charge in [-0.05, 0) is 18.2 Å². The Kier molecular flexibility index (Phi) is 5.43. The van der Waals surface area contributed by atoms with Crippen molar-refractivity contribution in [3.05, 3.63) is 63.5 Å². The molecule has 1 heterocycles. The standard InChI is InChI=1S/C17H12Cl2N2O3S/c18-11-6-2-3-7-12(11)24-9-14(22)20-21-17(23)16-15(19)10-5-1-4-8-13(10)25-16/h1-8H,9H2,(H,20,22)(H,21,23). The number of thiophene rings is 1. The van der Waals surface area contributed by atoms with E-state index in [9.17, 15) is 9.59 Å². The monoisotopic (exact) mass is 394 g/mol. The largest absolute Gasteiger partial charge is 0.482 e. The first-order valence-electron chi connectivity index (χ1n) is 7.20. The lowest BCUT2D eigenvalue weighted by Crippen LogP contribution is -2.43. The van der Waals surface area contributed by atoms with E-state index in [1.165, 1.54) is 11.3 Å². The van der Waals surface area contributed by atoms with E-state index in [-0.39, 0.29) is 6.61 Å². The van der Waals surface area contributed by atoms with Gasteiger partial charge in [-0.25, -0.2) is 0 Å². The van der Waals surface area contributed by atoms with Crippen LogP contribution in [0.2, 0.25) is 10.0 Å². The second kappa shape index (κ2) is 7.74. The third kappa shape index (κ3) is 4.04. The van der Waals surface area contributed by atoms with Gasteiger partial charge in [-0.3, -0.25) is 20.4 Å². The lowest BCUT2D eigenvalue weighted by atomic mass is 10.2. The second-order valence-corrected chi connectivity index (χ2v) is 6.80. The van der Waals surface area contributed by atoms with E-state index >= 15 is 0 Å². The highest BCUT2D eigenvalue weighted by Crippen LogP contribution is 2.34. The number of fused-ring (bicyclic) bond motifs is 1. The Morgan fingerprint density at radius 1 is 1.00 bits per heavy atom. The molecule has 2 N–H and O–H groups in total. The van der Waals surface area contributed by atoms with Gasteiger partial charge in [-0.15, -0.1) is 11.3 Å². The van der Waals surface area contributed by atoms with E-state index < -0.39 is 11.8 Å². The zero-order chi connectivity index (χ0) is 17.8. The van der Waals surface area contributed by atoms with Crippen LogP contribution in [0, 0.1) is 0 Å². The maximum absolute atomic E-state index is 12.2. The van der Waals surface area contributed by atoms with Crippen LogP contribution in [0.15, 0.2) is 48.5 Å². The van der Waals surface area contributed by atoms with Crippen LogP contribution < -0.4 is 15.6 Å². The summed E-state index contributed by atoms with van der Waals surface area (Å²) in [6.07, 6.45) is 0. The van der Waals surface area contributed by atoms with Gasteiger partial charge in [0.15, 0.2) is 6.61 Å². The number of carbonyl (C=O) groups is 2. The molecule has 0 aliphatic carbocycles. The molecule has 5 nitrogen and oxygen atoms in total. The average molecular weight is 395 g/mol. The molecular formula is C17H12Cl2N2O3S. The lowest BCUT2D eigenvalue weighted by Gasteiger charge is -2.09. The predicted molar refractivity (Wildman–Crippen MR) is 99.4 cm³/mol. The molecule has 2 aromatic carbocycles. The van der Waals surface area contributed by atoms with Crippen molar-refractivity contribution in [2.24, 2.45) is 0 Å². The minimum Gasteiger partial charge on any atom is -0.482 e. The van der Waals surface area contributed by atoms with Crippen molar-refractivity contribution in [3.63, 3.8) is 0 Å². The molecule has 0 aliphatic rings. The van der Waals surface area contributed by atoms with Crippen LogP contribution in [0.5, 0.6) is 5.75 Å². The number of ether oxygens (including phenoxy) is 1. The van der Waals surface area contributed by atoms with E-state index in [2.05, 4.69) is 10.9 Å². The lowest BCUT2D eigenvalue weighted by molar-refractivity contribution is -0.123. The van der Waals surface area contributed by atoms with Crippen molar-refractivity contribution in [1.82, 2.24) is 10.9 Å². The maximum atomic E-state index is 12.2. The molecule has 1 aromatic heterocycles. The van der Waals surface area contributed by atoms with Crippen molar-refractivity contribution >= 4 is 56.4 Å². The molecule has 0 bridgehead atoms. The topological polar surface area (TPSA) is 67.4 Å². The van der Waals surface area contributed by atoms with Crippen molar-refractivity contribution < 1.29 is 14.3 Å². The highest BCUT2D eigenvalue weighted by atomic mass is 35.5. The van der Waals surface area contributed by atoms with Crippen molar-refractivity contribution in [1.29, 1.82) is 0 Å². The number of hydrazine groups is 1. The van der Waals surface area contributed by atoms with Crippen molar-refractivity contribution in [2.45, 2.75) is 0 Å². The Balaban J connectivity index is 1.57. The molecule has 0 unspecified atom stereocenters. The molecule has 0 fully saturated rings. The summed E-state index contributed by atoms with van der Waals surface area (Å²) in [5.41, 5.74) is 4.61. The molecule has 8 heteroatoms. The van der Waals surface area contributed by atoms with E-state index in [4.69, 9.17) is 27.9 Å². The Labute approximate surface area is 157 Å². The fourth-order valence-corrected chi connectivity index (χ4v) is 3.69. The molecule has 2 amide bonds. The molecule has 0 radical (unpaired) electrons. The first kappa shape index (κ1) is 17.5. The molecule has 25 heavy (non-hydrogen) atoms. The second-order valence-electron chi connectivity index (χ2n) is 4.96. The van der Waals surface area contributed by atoms with Gasteiger partial charge >= 0.3 is 0 Å². The highest BCUT2D eigenvalue weighted by molar-refractivity contribution is 7.21. The average Bonchev–Trinajstić information content (AvgIpc) is 2.96. The van der Waals surface area contributed by atoms with Gasteiger partial charge in [0.25, 0.3) is 11.8 Å². The van der Waals surface area contributed by atoms with Gasteiger partial charge in [0.1, 0.15) is 10.6 Å². The summed E-state index contributed by atoms with van der Waals surface area (Å²) in [6, 6.07) is 14.2. The van der Waals surface area contributed by atoms with E-state index in [0.29, 0.717) is 20.7 Å². The van der Waals surface area contributed by atoms with E-state index in [1.54, 1.807) is 24.3 Å². The SMILES string of the molecule is O=C(COc1ccccc1Cl)NNC(=O)c1sc2ccccc2c1Cl. The maximum Gasteiger partial charge on any atom is 0.281 e. The van der Waals surface area contributed by atoms with Crippen LogP contribution in [0.25, 0.3) is 10.1 Å². The summed E-state index contributed by atoms with van der Waals surface area (Å²) in [5.74, 6) is -0.624. The van der Waals surface area contributed by atoms with Gasteiger partial charge < -0.3 is 4.74 Å². The van der Waals surface area contributed by atoms with E-state index in [0.717, 1.165) is 10.1 Å². The van der Waals surface area contributed by atoms with Gasteiger partial charge in [0.2, 0.25) is 0 Å². The Hall–Kier alpha value is -2.28. The molecule has 128 valence electrons. The summed E-state index contributed by atoms with van der Waals surface area (Å²) in [7, 11) is 0. The molecule has 0 saturated heterocycles. The fourth-order valence-electron chi connectivity index (χ4n) is 2.08. The number of carbonyl (C=O) groups excluding carboxylic acids is 2. The van der Waals surface area contributed by atoms with Crippen LogP contribution in [-0.2, 0) is 4.79 Å². The van der Waals surface area contributed by atoms with Gasteiger partial charge in [0.05, 0.1) is 10.0 Å². The number of benzene rings is 2. The Bertz CT molecular complexity index is 943. The van der Waals surface area contributed by atoms with Crippen molar-refractivity contribution in [2.75, 3.05) is 6.61 Å². The minimum atomic E-state index is -0.523.